The molecule has 0 atom stereocenters. The quantitative estimate of drug-likeness (QED) is 0.779. The van der Waals surface area contributed by atoms with Gasteiger partial charge < -0.3 is 15.5 Å². The summed E-state index contributed by atoms with van der Waals surface area (Å²) in [5.41, 5.74) is 2.24. The first-order valence-corrected chi connectivity index (χ1v) is 6.16. The topological polar surface area (TPSA) is 57.3 Å². The Morgan fingerprint density at radius 3 is 2.78 bits per heavy atom. The number of anilines is 1. The number of nitrogens with one attached hydrogen (secondary N) is 2. The normalized spacial score (nSPS) is 10.2. The van der Waals surface area contributed by atoms with Crippen LogP contribution in [-0.4, -0.2) is 38.1 Å². The van der Waals surface area contributed by atoms with E-state index in [9.17, 15) is 4.79 Å². The lowest BCUT2D eigenvalue weighted by Gasteiger charge is -2.19. The molecule has 0 aliphatic heterocycles. The Labute approximate surface area is 109 Å². The highest BCUT2D eigenvalue weighted by Gasteiger charge is 2.10. The Morgan fingerprint density at radius 2 is 2.22 bits per heavy atom. The van der Waals surface area contributed by atoms with Gasteiger partial charge in [0.2, 0.25) is 5.91 Å². The van der Waals surface area contributed by atoms with Crippen LogP contribution in [0.2, 0.25) is 0 Å². The third kappa shape index (κ3) is 4.00. The molecular weight excluding hydrogens is 228 g/mol. The molecule has 0 spiro atoms. The van der Waals surface area contributed by atoms with Gasteiger partial charge in [-0.15, -0.1) is 0 Å². The van der Waals surface area contributed by atoms with Gasteiger partial charge in [-0.2, -0.15) is 0 Å². The molecule has 0 fully saturated rings. The van der Waals surface area contributed by atoms with Crippen LogP contribution in [-0.2, 0) is 11.3 Å². The molecule has 1 aromatic rings. The second-order valence-corrected chi connectivity index (χ2v) is 4.29. The molecule has 0 saturated carbocycles. The van der Waals surface area contributed by atoms with Crippen LogP contribution in [0.25, 0.3) is 0 Å². The minimum atomic E-state index is -0.0181. The molecule has 5 heteroatoms. The average Bonchev–Trinajstić information content (AvgIpc) is 2.36. The number of likely N-dealkylation sites (N-methyl/N-ethyl adjacent to an activating group) is 2. The highest BCUT2D eigenvalue weighted by Crippen LogP contribution is 2.16. The molecule has 18 heavy (non-hydrogen) atoms. The zero-order valence-corrected chi connectivity index (χ0v) is 11.6. The summed E-state index contributed by atoms with van der Waals surface area (Å²) in [6, 6.07) is 2.10. The van der Waals surface area contributed by atoms with E-state index in [1.165, 1.54) is 0 Å². The highest BCUT2D eigenvalue weighted by molar-refractivity contribution is 5.80. The third-order valence-electron chi connectivity index (χ3n) is 2.71. The van der Waals surface area contributed by atoms with E-state index in [4.69, 9.17) is 0 Å². The van der Waals surface area contributed by atoms with Crippen molar-refractivity contribution in [2.45, 2.75) is 20.4 Å². The molecule has 0 saturated heterocycles. The minimum Gasteiger partial charge on any atom is -0.358 e. The van der Waals surface area contributed by atoms with Gasteiger partial charge >= 0.3 is 0 Å². The standard InChI is InChI=1S/C13H22N4O/c1-5-15-7-11-6-10(2)13(16-8-11)17(4)9-12(18)14-3/h6,8,15H,5,7,9H2,1-4H3,(H,14,18). The number of pyridine rings is 1. The van der Waals surface area contributed by atoms with E-state index in [-0.39, 0.29) is 5.91 Å². The fraction of sp³-hybridized carbons (Fsp3) is 0.538. The van der Waals surface area contributed by atoms with Crippen LogP contribution in [0.15, 0.2) is 12.3 Å². The van der Waals surface area contributed by atoms with Crippen LogP contribution in [0.5, 0.6) is 0 Å². The van der Waals surface area contributed by atoms with E-state index in [2.05, 4.69) is 28.6 Å². The van der Waals surface area contributed by atoms with Crippen LogP contribution in [0.3, 0.4) is 0 Å². The number of carbonyl (C=O) groups is 1. The average molecular weight is 250 g/mol. The second kappa shape index (κ2) is 6.96. The van der Waals surface area contributed by atoms with E-state index in [0.29, 0.717) is 6.54 Å². The summed E-state index contributed by atoms with van der Waals surface area (Å²) in [6.45, 7) is 6.17. The fourth-order valence-corrected chi connectivity index (χ4v) is 1.76. The predicted molar refractivity (Wildman–Crippen MR) is 73.7 cm³/mol. The van der Waals surface area contributed by atoms with Gasteiger partial charge in [-0.05, 0) is 30.7 Å². The smallest absolute Gasteiger partial charge is 0.239 e. The van der Waals surface area contributed by atoms with Crippen molar-refractivity contribution in [3.8, 4) is 0 Å². The maximum Gasteiger partial charge on any atom is 0.239 e. The summed E-state index contributed by atoms with van der Waals surface area (Å²) >= 11 is 0. The van der Waals surface area contributed by atoms with Crippen LogP contribution in [0, 0.1) is 6.92 Å². The monoisotopic (exact) mass is 250 g/mol. The summed E-state index contributed by atoms with van der Waals surface area (Å²) in [5.74, 6) is 0.828. The molecular formula is C13H22N4O. The Bertz CT molecular complexity index is 406. The number of carbonyl (C=O) groups excluding carboxylic acids is 1. The van der Waals surface area contributed by atoms with E-state index in [1.54, 1.807) is 7.05 Å². The number of nitrogens with zero attached hydrogens (tertiary/aromatic N) is 2. The molecule has 0 aromatic carbocycles. The molecule has 1 rings (SSSR count). The van der Waals surface area contributed by atoms with Crippen LogP contribution < -0.4 is 15.5 Å². The Hall–Kier alpha value is -1.62. The van der Waals surface area contributed by atoms with Gasteiger partial charge in [0.1, 0.15) is 5.82 Å². The van der Waals surface area contributed by atoms with E-state index < -0.39 is 0 Å². The molecule has 0 bridgehead atoms. The first-order chi connectivity index (χ1) is 8.58. The SMILES string of the molecule is CCNCc1cnc(N(C)CC(=O)NC)c(C)c1. The summed E-state index contributed by atoms with van der Waals surface area (Å²) in [5, 5.41) is 5.87. The number of amides is 1. The van der Waals surface area contributed by atoms with Crippen molar-refractivity contribution < 1.29 is 4.79 Å². The van der Waals surface area contributed by atoms with Crippen LogP contribution >= 0.6 is 0 Å². The maximum absolute atomic E-state index is 11.3. The fourth-order valence-electron chi connectivity index (χ4n) is 1.76. The number of hydrogen-bond donors (Lipinski definition) is 2. The van der Waals surface area contributed by atoms with Crippen molar-refractivity contribution in [1.82, 2.24) is 15.6 Å². The molecule has 100 valence electrons. The summed E-state index contributed by atoms with van der Waals surface area (Å²) in [6.07, 6.45) is 1.85. The number of rotatable bonds is 6. The molecule has 0 aliphatic rings. The summed E-state index contributed by atoms with van der Waals surface area (Å²) < 4.78 is 0. The van der Waals surface area contributed by atoms with Gasteiger partial charge in [0.05, 0.1) is 6.54 Å². The first kappa shape index (κ1) is 14.4. The Morgan fingerprint density at radius 1 is 1.50 bits per heavy atom. The van der Waals surface area contributed by atoms with Gasteiger partial charge in [0, 0.05) is 26.8 Å². The summed E-state index contributed by atoms with van der Waals surface area (Å²) in [7, 11) is 3.50. The summed E-state index contributed by atoms with van der Waals surface area (Å²) in [4.78, 5) is 17.6. The largest absolute Gasteiger partial charge is 0.358 e. The van der Waals surface area contributed by atoms with Crippen LogP contribution in [0.1, 0.15) is 18.1 Å². The molecule has 1 heterocycles. The maximum atomic E-state index is 11.3. The number of hydrogen-bond acceptors (Lipinski definition) is 4. The van der Waals surface area contributed by atoms with Gasteiger partial charge in [-0.1, -0.05) is 6.92 Å². The zero-order chi connectivity index (χ0) is 13.5. The van der Waals surface area contributed by atoms with Crippen LogP contribution in [0.4, 0.5) is 5.82 Å². The molecule has 5 nitrogen and oxygen atoms in total. The Balaban J connectivity index is 2.75. The molecule has 0 aliphatic carbocycles. The number of aromatic nitrogens is 1. The van der Waals surface area contributed by atoms with Crippen molar-refractivity contribution in [3.05, 3.63) is 23.4 Å². The molecule has 0 radical (unpaired) electrons. The van der Waals surface area contributed by atoms with Crippen molar-refractivity contribution in [1.29, 1.82) is 0 Å². The van der Waals surface area contributed by atoms with Crippen molar-refractivity contribution in [2.75, 3.05) is 32.1 Å². The number of aryl methyl sites for hydroxylation is 1. The van der Waals surface area contributed by atoms with Crippen molar-refractivity contribution in [2.24, 2.45) is 0 Å². The van der Waals surface area contributed by atoms with Gasteiger partial charge in [-0.3, -0.25) is 4.79 Å². The zero-order valence-electron chi connectivity index (χ0n) is 11.6. The van der Waals surface area contributed by atoms with Crippen molar-refractivity contribution in [3.63, 3.8) is 0 Å². The molecule has 2 N–H and O–H groups in total. The molecule has 1 aromatic heterocycles. The van der Waals surface area contributed by atoms with Gasteiger partial charge in [0.15, 0.2) is 0 Å². The molecule has 0 unspecified atom stereocenters. The lowest BCUT2D eigenvalue weighted by molar-refractivity contribution is -0.119. The predicted octanol–water partition coefficient (Wildman–Crippen LogP) is 0.682. The molecule has 1 amide bonds. The highest BCUT2D eigenvalue weighted by atomic mass is 16.1. The van der Waals surface area contributed by atoms with E-state index >= 15 is 0 Å². The first-order valence-electron chi connectivity index (χ1n) is 6.16. The second-order valence-electron chi connectivity index (χ2n) is 4.29. The third-order valence-corrected chi connectivity index (χ3v) is 2.71. The Kier molecular flexibility index (Phi) is 5.58. The van der Waals surface area contributed by atoms with Crippen molar-refractivity contribution >= 4 is 11.7 Å². The lowest BCUT2D eigenvalue weighted by atomic mass is 10.2. The lowest BCUT2D eigenvalue weighted by Crippen LogP contribution is -2.33. The van der Waals surface area contributed by atoms with E-state index in [0.717, 1.165) is 30.0 Å². The van der Waals surface area contributed by atoms with Gasteiger partial charge in [0.25, 0.3) is 0 Å². The van der Waals surface area contributed by atoms with Gasteiger partial charge in [-0.25, -0.2) is 4.98 Å². The minimum absolute atomic E-state index is 0.0181. The van der Waals surface area contributed by atoms with E-state index in [1.807, 2.05) is 25.1 Å².